The third kappa shape index (κ3) is 2.16. The van der Waals surface area contributed by atoms with Crippen molar-refractivity contribution in [2.45, 2.75) is 0 Å². The Morgan fingerprint density at radius 2 is 2.25 bits per heavy atom. The number of halogens is 1. The van der Waals surface area contributed by atoms with Crippen molar-refractivity contribution in [3.8, 4) is 11.8 Å². The molecule has 3 N–H and O–H groups in total. The lowest BCUT2D eigenvalue weighted by Gasteiger charge is -1.96. The first-order valence-corrected chi connectivity index (χ1v) is 3.76. The van der Waals surface area contributed by atoms with E-state index in [-0.39, 0.29) is 6.61 Å². The van der Waals surface area contributed by atoms with E-state index in [0.717, 1.165) is 0 Å². The van der Waals surface area contributed by atoms with Crippen LogP contribution in [0.3, 0.4) is 0 Å². The number of benzene rings is 1. The fourth-order valence-electron chi connectivity index (χ4n) is 0.767. The molecule has 0 unspecified atom stereocenters. The first-order chi connectivity index (χ1) is 5.74. The molecular weight excluding hydrogens is 174 g/mol. The first kappa shape index (κ1) is 8.92. The number of hydrogen-bond donors (Lipinski definition) is 2. The van der Waals surface area contributed by atoms with Gasteiger partial charge in [0.2, 0.25) is 0 Å². The van der Waals surface area contributed by atoms with Crippen molar-refractivity contribution >= 4 is 17.3 Å². The Bertz CT molecular complexity index is 338. The van der Waals surface area contributed by atoms with Crippen LogP contribution >= 0.6 is 11.6 Å². The van der Waals surface area contributed by atoms with Gasteiger partial charge in [-0.15, -0.1) is 0 Å². The van der Waals surface area contributed by atoms with Gasteiger partial charge in [-0.25, -0.2) is 0 Å². The molecule has 1 rings (SSSR count). The van der Waals surface area contributed by atoms with E-state index < -0.39 is 0 Å². The topological polar surface area (TPSA) is 46.2 Å². The number of nitrogens with two attached hydrogens (primary N) is 1. The van der Waals surface area contributed by atoms with E-state index in [9.17, 15) is 0 Å². The average molecular weight is 182 g/mol. The maximum Gasteiger partial charge on any atom is 0.104 e. The normalized spacial score (nSPS) is 8.83. The molecule has 0 fully saturated rings. The van der Waals surface area contributed by atoms with Gasteiger partial charge in [0.1, 0.15) is 6.61 Å². The van der Waals surface area contributed by atoms with Gasteiger partial charge in [-0.1, -0.05) is 23.4 Å². The summed E-state index contributed by atoms with van der Waals surface area (Å²) in [6.07, 6.45) is 0. The molecule has 2 nitrogen and oxygen atoms in total. The zero-order valence-electron chi connectivity index (χ0n) is 6.34. The SMILES string of the molecule is Nc1ccc(C#CCO)c(Cl)c1. The minimum Gasteiger partial charge on any atom is -0.399 e. The van der Waals surface area contributed by atoms with Gasteiger partial charge in [-0.2, -0.15) is 0 Å². The molecule has 3 heteroatoms. The van der Waals surface area contributed by atoms with Crippen LogP contribution in [0.5, 0.6) is 0 Å². The van der Waals surface area contributed by atoms with E-state index in [2.05, 4.69) is 11.8 Å². The predicted molar refractivity (Wildman–Crippen MR) is 49.8 cm³/mol. The number of aliphatic hydroxyl groups excluding tert-OH is 1. The van der Waals surface area contributed by atoms with Gasteiger partial charge in [0.15, 0.2) is 0 Å². The third-order valence-corrected chi connectivity index (χ3v) is 1.61. The lowest BCUT2D eigenvalue weighted by atomic mass is 10.2. The molecule has 1 aromatic carbocycles. The van der Waals surface area contributed by atoms with Crippen molar-refractivity contribution in [1.29, 1.82) is 0 Å². The van der Waals surface area contributed by atoms with Crippen LogP contribution in [-0.2, 0) is 0 Å². The summed E-state index contributed by atoms with van der Waals surface area (Å²) in [5.41, 5.74) is 6.76. The van der Waals surface area contributed by atoms with Gasteiger partial charge < -0.3 is 10.8 Å². The quantitative estimate of drug-likeness (QED) is 0.468. The summed E-state index contributed by atoms with van der Waals surface area (Å²) in [7, 11) is 0. The molecular formula is C9H8ClNO. The molecule has 0 bridgehead atoms. The molecule has 0 radical (unpaired) electrons. The summed E-state index contributed by atoms with van der Waals surface area (Å²) in [6, 6.07) is 5.07. The van der Waals surface area contributed by atoms with Crippen LogP contribution in [-0.4, -0.2) is 11.7 Å². The molecule has 0 amide bonds. The molecule has 62 valence electrons. The second-order valence-corrected chi connectivity index (χ2v) is 2.61. The smallest absolute Gasteiger partial charge is 0.104 e. The Morgan fingerprint density at radius 3 is 2.83 bits per heavy atom. The minimum absolute atomic E-state index is 0.166. The number of anilines is 1. The van der Waals surface area contributed by atoms with Gasteiger partial charge in [-0.05, 0) is 18.2 Å². The second kappa shape index (κ2) is 4.01. The minimum atomic E-state index is -0.166. The number of rotatable bonds is 0. The molecule has 0 aromatic heterocycles. The summed E-state index contributed by atoms with van der Waals surface area (Å²) in [5.74, 6) is 5.21. The van der Waals surface area contributed by atoms with E-state index in [1.54, 1.807) is 18.2 Å². The Labute approximate surface area is 76.0 Å². The Kier molecular flexibility index (Phi) is 2.98. The van der Waals surface area contributed by atoms with E-state index in [1.165, 1.54) is 0 Å². The zero-order valence-corrected chi connectivity index (χ0v) is 7.10. The summed E-state index contributed by atoms with van der Waals surface area (Å²) < 4.78 is 0. The second-order valence-electron chi connectivity index (χ2n) is 2.20. The Hall–Kier alpha value is -1.17. The van der Waals surface area contributed by atoms with E-state index >= 15 is 0 Å². The number of nitrogen functional groups attached to an aromatic ring is 1. The molecule has 0 aliphatic rings. The average Bonchev–Trinajstić information content (AvgIpc) is 2.03. The molecule has 1 aromatic rings. The maximum absolute atomic E-state index is 8.43. The number of hydrogen-bond acceptors (Lipinski definition) is 2. The number of aliphatic hydroxyl groups is 1. The molecule has 0 aliphatic carbocycles. The van der Waals surface area contributed by atoms with Gasteiger partial charge >= 0.3 is 0 Å². The largest absolute Gasteiger partial charge is 0.399 e. The van der Waals surface area contributed by atoms with Crippen LogP contribution in [0.15, 0.2) is 18.2 Å². The molecule has 0 spiro atoms. The summed E-state index contributed by atoms with van der Waals surface area (Å²) >= 11 is 5.80. The van der Waals surface area contributed by atoms with Crippen molar-refractivity contribution in [1.82, 2.24) is 0 Å². The monoisotopic (exact) mass is 181 g/mol. The van der Waals surface area contributed by atoms with Crippen LogP contribution in [0.25, 0.3) is 0 Å². The van der Waals surface area contributed by atoms with E-state index in [1.807, 2.05) is 0 Å². The molecule has 0 aliphatic heterocycles. The van der Waals surface area contributed by atoms with Crippen LogP contribution in [0, 0.1) is 11.8 Å². The molecule has 0 saturated carbocycles. The van der Waals surface area contributed by atoms with Crippen molar-refractivity contribution < 1.29 is 5.11 Å². The van der Waals surface area contributed by atoms with Crippen molar-refractivity contribution in [3.05, 3.63) is 28.8 Å². The van der Waals surface area contributed by atoms with E-state index in [0.29, 0.717) is 16.3 Å². The van der Waals surface area contributed by atoms with Crippen molar-refractivity contribution in [2.24, 2.45) is 0 Å². The summed E-state index contributed by atoms with van der Waals surface area (Å²) in [4.78, 5) is 0. The molecule has 12 heavy (non-hydrogen) atoms. The van der Waals surface area contributed by atoms with Crippen LogP contribution in [0.2, 0.25) is 5.02 Å². The first-order valence-electron chi connectivity index (χ1n) is 3.39. The predicted octanol–water partition coefficient (Wildman–Crippen LogP) is 1.27. The van der Waals surface area contributed by atoms with Crippen molar-refractivity contribution in [2.75, 3.05) is 12.3 Å². The highest BCUT2D eigenvalue weighted by Crippen LogP contribution is 2.17. The van der Waals surface area contributed by atoms with E-state index in [4.69, 9.17) is 22.4 Å². The lowest BCUT2D eigenvalue weighted by Crippen LogP contribution is -1.85. The highest BCUT2D eigenvalue weighted by Gasteiger charge is 1.95. The third-order valence-electron chi connectivity index (χ3n) is 1.30. The summed E-state index contributed by atoms with van der Waals surface area (Å²) in [6.45, 7) is -0.166. The summed E-state index contributed by atoms with van der Waals surface area (Å²) in [5, 5.41) is 8.94. The highest BCUT2D eigenvalue weighted by atomic mass is 35.5. The standard InChI is InChI=1S/C9H8ClNO/c10-9-6-8(11)4-3-7(9)2-1-5-12/h3-4,6,12H,5,11H2. The molecule has 0 heterocycles. The van der Waals surface area contributed by atoms with Gasteiger partial charge in [0.25, 0.3) is 0 Å². The van der Waals surface area contributed by atoms with Crippen LogP contribution in [0.1, 0.15) is 5.56 Å². The maximum atomic E-state index is 8.43. The fraction of sp³-hybridized carbons (Fsp3) is 0.111. The van der Waals surface area contributed by atoms with Crippen molar-refractivity contribution in [3.63, 3.8) is 0 Å². The molecule has 0 atom stereocenters. The fourth-order valence-corrected chi connectivity index (χ4v) is 1.00. The van der Waals surface area contributed by atoms with Gasteiger partial charge in [0, 0.05) is 11.3 Å². The van der Waals surface area contributed by atoms with Gasteiger partial charge in [-0.3, -0.25) is 0 Å². The van der Waals surface area contributed by atoms with Crippen LogP contribution < -0.4 is 5.73 Å². The van der Waals surface area contributed by atoms with Gasteiger partial charge in [0.05, 0.1) is 5.02 Å². The molecule has 0 saturated heterocycles. The zero-order chi connectivity index (χ0) is 8.97. The highest BCUT2D eigenvalue weighted by molar-refractivity contribution is 6.32. The Balaban J connectivity index is 3.01. The Morgan fingerprint density at radius 1 is 1.50 bits per heavy atom. The lowest BCUT2D eigenvalue weighted by molar-refractivity contribution is 0.350. The van der Waals surface area contributed by atoms with Crippen LogP contribution in [0.4, 0.5) is 5.69 Å².